The summed E-state index contributed by atoms with van der Waals surface area (Å²) < 4.78 is 53.4. The van der Waals surface area contributed by atoms with Crippen LogP contribution in [0.5, 0.6) is 0 Å². The average Bonchev–Trinajstić information content (AvgIpc) is 2.95. The van der Waals surface area contributed by atoms with Gasteiger partial charge in [0, 0.05) is 6.08 Å². The van der Waals surface area contributed by atoms with Gasteiger partial charge in [-0.3, -0.25) is 10.2 Å². The molecule has 0 saturated heterocycles. The molecule has 2 aromatic carbocycles. The van der Waals surface area contributed by atoms with Gasteiger partial charge in [0.1, 0.15) is 5.82 Å². The lowest BCUT2D eigenvalue weighted by atomic mass is 10.1. The number of benzene rings is 2. The molecule has 0 radical (unpaired) electrons. The molecule has 8 heteroatoms. The van der Waals surface area contributed by atoms with Crippen molar-refractivity contribution >= 4 is 11.6 Å². The van der Waals surface area contributed by atoms with Crippen molar-refractivity contribution in [2.75, 3.05) is 0 Å². The van der Waals surface area contributed by atoms with Gasteiger partial charge in [0.25, 0.3) is 5.72 Å². The lowest BCUT2D eigenvalue weighted by Crippen LogP contribution is -2.60. The van der Waals surface area contributed by atoms with Gasteiger partial charge < -0.3 is 5.11 Å². The minimum atomic E-state index is -5.13. The second-order valence-corrected chi connectivity index (χ2v) is 5.79. The van der Waals surface area contributed by atoms with E-state index in [1.54, 1.807) is 30.3 Å². The predicted molar refractivity (Wildman–Crippen MR) is 85.5 cm³/mol. The lowest BCUT2D eigenvalue weighted by Gasteiger charge is -2.33. The van der Waals surface area contributed by atoms with E-state index in [4.69, 9.17) is 0 Å². The van der Waals surface area contributed by atoms with Crippen LogP contribution in [0.2, 0.25) is 0 Å². The molecule has 4 nitrogen and oxygen atoms in total. The van der Waals surface area contributed by atoms with Crippen LogP contribution in [-0.2, 0) is 11.2 Å². The van der Waals surface area contributed by atoms with Gasteiger partial charge in [0.05, 0.1) is 12.1 Å². The zero-order valence-electron chi connectivity index (χ0n) is 13.3. The highest BCUT2D eigenvalue weighted by Gasteiger charge is 2.61. The van der Waals surface area contributed by atoms with E-state index in [9.17, 15) is 27.5 Å². The molecule has 1 amide bonds. The fourth-order valence-corrected chi connectivity index (χ4v) is 2.59. The largest absolute Gasteiger partial charge is 0.442 e. The number of alkyl halides is 3. The van der Waals surface area contributed by atoms with E-state index in [1.165, 1.54) is 12.1 Å². The fourth-order valence-electron chi connectivity index (χ4n) is 2.59. The lowest BCUT2D eigenvalue weighted by molar-refractivity contribution is -0.288. The van der Waals surface area contributed by atoms with Crippen LogP contribution in [-0.4, -0.2) is 27.9 Å². The molecular formula is C18H14F4N2O2. The molecule has 1 aliphatic heterocycles. The third-order valence-electron chi connectivity index (χ3n) is 3.94. The van der Waals surface area contributed by atoms with E-state index in [2.05, 4.69) is 5.43 Å². The van der Waals surface area contributed by atoms with Gasteiger partial charge in [-0.1, -0.05) is 30.3 Å². The van der Waals surface area contributed by atoms with Gasteiger partial charge in [0.15, 0.2) is 0 Å². The normalized spacial score (nSPS) is 19.9. The maximum atomic E-state index is 13.5. The van der Waals surface area contributed by atoms with Crippen LogP contribution < -0.4 is 5.43 Å². The summed E-state index contributed by atoms with van der Waals surface area (Å²) in [6, 6.07) is 12.8. The van der Waals surface area contributed by atoms with Gasteiger partial charge in [-0.25, -0.2) is 9.40 Å². The summed E-state index contributed by atoms with van der Waals surface area (Å²) in [5.41, 5.74) is -0.665. The van der Waals surface area contributed by atoms with Crippen LogP contribution in [0.4, 0.5) is 17.6 Å². The predicted octanol–water partition coefficient (Wildman–Crippen LogP) is 3.01. The van der Waals surface area contributed by atoms with Crippen LogP contribution in [0.25, 0.3) is 5.70 Å². The molecule has 136 valence electrons. The van der Waals surface area contributed by atoms with E-state index in [-0.39, 0.29) is 22.7 Å². The summed E-state index contributed by atoms with van der Waals surface area (Å²) in [4.78, 5) is 12.4. The molecule has 0 spiro atoms. The first-order chi connectivity index (χ1) is 12.2. The van der Waals surface area contributed by atoms with Crippen LogP contribution in [0.15, 0.2) is 60.7 Å². The zero-order valence-corrected chi connectivity index (χ0v) is 13.3. The number of nitrogens with one attached hydrogen (secondary N) is 1. The molecule has 0 saturated carbocycles. The Hall–Kier alpha value is -2.87. The monoisotopic (exact) mass is 366 g/mol. The average molecular weight is 366 g/mol. The van der Waals surface area contributed by atoms with Gasteiger partial charge in [-0.05, 0) is 35.4 Å². The van der Waals surface area contributed by atoms with Crippen molar-refractivity contribution in [2.24, 2.45) is 0 Å². The van der Waals surface area contributed by atoms with Crippen molar-refractivity contribution < 1.29 is 27.5 Å². The quantitative estimate of drug-likeness (QED) is 0.822. The van der Waals surface area contributed by atoms with Crippen LogP contribution in [0, 0.1) is 5.82 Å². The number of carbonyl (C=O) groups excluding carboxylic acids is 1. The highest BCUT2D eigenvalue weighted by Crippen LogP contribution is 2.40. The molecule has 2 aromatic rings. The summed E-state index contributed by atoms with van der Waals surface area (Å²) in [5, 5.41) is 10.3. The van der Waals surface area contributed by atoms with E-state index >= 15 is 0 Å². The first-order valence-electron chi connectivity index (χ1n) is 7.62. The van der Waals surface area contributed by atoms with Crippen LogP contribution in [0.1, 0.15) is 11.1 Å². The summed E-state index contributed by atoms with van der Waals surface area (Å²) in [5.74, 6) is -1.53. The van der Waals surface area contributed by atoms with E-state index in [1.807, 2.05) is 0 Å². The molecule has 1 atom stereocenters. The van der Waals surface area contributed by atoms with Crippen molar-refractivity contribution in [2.45, 2.75) is 18.3 Å². The molecule has 0 unspecified atom stereocenters. The molecule has 1 heterocycles. The summed E-state index contributed by atoms with van der Waals surface area (Å²) in [7, 11) is 0. The number of amides is 1. The number of rotatable bonds is 3. The van der Waals surface area contributed by atoms with Crippen molar-refractivity contribution in [3.63, 3.8) is 0 Å². The number of halogens is 4. The van der Waals surface area contributed by atoms with Crippen molar-refractivity contribution in [1.82, 2.24) is 10.4 Å². The highest BCUT2D eigenvalue weighted by atomic mass is 19.4. The Balaban J connectivity index is 1.92. The van der Waals surface area contributed by atoms with Gasteiger partial charge in [-0.2, -0.15) is 13.2 Å². The molecule has 0 aromatic heterocycles. The fraction of sp³-hybridized carbons (Fsp3) is 0.167. The van der Waals surface area contributed by atoms with E-state index < -0.39 is 23.6 Å². The number of aliphatic hydroxyl groups is 1. The molecule has 0 aliphatic carbocycles. The minimum Gasteiger partial charge on any atom is -0.359 e. The molecule has 26 heavy (non-hydrogen) atoms. The molecule has 2 N–H and O–H groups in total. The summed E-state index contributed by atoms with van der Waals surface area (Å²) in [6.07, 6.45) is -4.96. The number of hydrazine groups is 1. The Bertz CT molecular complexity index is 835. The van der Waals surface area contributed by atoms with Gasteiger partial charge in [-0.15, -0.1) is 0 Å². The number of carbonyl (C=O) groups is 1. The summed E-state index contributed by atoms with van der Waals surface area (Å²) in [6.45, 7) is 0. The Morgan fingerprint density at radius 1 is 1.08 bits per heavy atom. The SMILES string of the molecule is O=C(Cc1ccccc1)N1NC(c2ccc(F)cc2)=C[C@@]1(O)C(F)(F)F. The van der Waals surface area contributed by atoms with Crippen molar-refractivity contribution in [3.05, 3.63) is 77.6 Å². The maximum Gasteiger partial charge on any atom is 0.442 e. The maximum absolute atomic E-state index is 13.5. The van der Waals surface area contributed by atoms with E-state index in [0.717, 1.165) is 12.1 Å². The topological polar surface area (TPSA) is 52.6 Å². The molecule has 0 bridgehead atoms. The van der Waals surface area contributed by atoms with Crippen molar-refractivity contribution in [3.8, 4) is 0 Å². The second-order valence-electron chi connectivity index (χ2n) is 5.79. The van der Waals surface area contributed by atoms with Crippen molar-refractivity contribution in [1.29, 1.82) is 0 Å². The first-order valence-corrected chi connectivity index (χ1v) is 7.62. The molecule has 3 rings (SSSR count). The van der Waals surface area contributed by atoms with E-state index in [0.29, 0.717) is 11.6 Å². The van der Waals surface area contributed by atoms with Gasteiger partial charge >= 0.3 is 6.18 Å². The Kier molecular flexibility index (Phi) is 4.45. The number of hydrogen-bond donors (Lipinski definition) is 2. The number of hydrogen-bond acceptors (Lipinski definition) is 3. The number of nitrogens with zero attached hydrogens (tertiary/aromatic N) is 1. The first kappa shape index (κ1) is 17.9. The third-order valence-corrected chi connectivity index (χ3v) is 3.94. The standard InChI is InChI=1S/C18H14F4N2O2/c19-14-8-6-13(7-9-14)15-11-17(26,18(20,21)22)24(23-15)16(25)10-12-4-2-1-3-5-12/h1-9,11,23,26H,10H2/t17-/m1/s1. The Morgan fingerprint density at radius 2 is 1.69 bits per heavy atom. The van der Waals surface area contributed by atoms with Crippen LogP contribution >= 0.6 is 0 Å². The Morgan fingerprint density at radius 3 is 2.27 bits per heavy atom. The third kappa shape index (κ3) is 3.28. The highest BCUT2D eigenvalue weighted by molar-refractivity contribution is 5.83. The zero-order chi connectivity index (χ0) is 18.9. The van der Waals surface area contributed by atoms with Gasteiger partial charge in [0.2, 0.25) is 5.91 Å². The Labute approximate surface area is 146 Å². The summed E-state index contributed by atoms with van der Waals surface area (Å²) >= 11 is 0. The molecule has 0 fully saturated rings. The second kappa shape index (κ2) is 6.45. The molecular weight excluding hydrogens is 352 g/mol. The smallest absolute Gasteiger partial charge is 0.359 e. The minimum absolute atomic E-state index is 0.147. The molecule has 1 aliphatic rings. The van der Waals surface area contributed by atoms with Crippen LogP contribution in [0.3, 0.4) is 0 Å².